The van der Waals surface area contributed by atoms with Gasteiger partial charge in [0.2, 0.25) is 0 Å². The van der Waals surface area contributed by atoms with Crippen LogP contribution in [0.3, 0.4) is 0 Å². The number of halogens is 1. The summed E-state index contributed by atoms with van der Waals surface area (Å²) in [7, 11) is 2.89. The Morgan fingerprint density at radius 1 is 1.09 bits per heavy atom. The number of ether oxygens (including phenoxy) is 4. The van der Waals surface area contributed by atoms with E-state index >= 15 is 0 Å². The average Bonchev–Trinajstić information content (AvgIpc) is 3.42. The Kier molecular flexibility index (Phi) is 6.91. The van der Waals surface area contributed by atoms with E-state index in [0.717, 1.165) is 18.4 Å². The van der Waals surface area contributed by atoms with E-state index in [1.54, 1.807) is 18.2 Å². The lowest BCUT2D eigenvalue weighted by Gasteiger charge is -2.20. The lowest BCUT2D eigenvalue weighted by molar-refractivity contribution is 0.0991. The number of carbonyl (C=O) groups is 1. The van der Waals surface area contributed by atoms with Gasteiger partial charge in [0.15, 0.2) is 5.76 Å². The Bertz CT molecular complexity index is 1210. The molecule has 186 valence electrons. The zero-order valence-corrected chi connectivity index (χ0v) is 20.6. The van der Waals surface area contributed by atoms with Crippen molar-refractivity contribution >= 4 is 11.6 Å². The van der Waals surface area contributed by atoms with Crippen LogP contribution in [-0.4, -0.2) is 33.4 Å². The maximum absolute atomic E-state index is 12.9. The van der Waals surface area contributed by atoms with Crippen molar-refractivity contribution in [2.45, 2.75) is 39.0 Å². The second kappa shape index (κ2) is 9.90. The van der Waals surface area contributed by atoms with Gasteiger partial charge in [-0.1, -0.05) is 19.9 Å². The van der Waals surface area contributed by atoms with Gasteiger partial charge in [0, 0.05) is 18.2 Å². The summed E-state index contributed by atoms with van der Waals surface area (Å²) in [6.45, 7) is 5.73. The molecule has 3 aromatic rings. The molecule has 0 fully saturated rings. The quantitative estimate of drug-likeness (QED) is 0.389. The van der Waals surface area contributed by atoms with Gasteiger partial charge in [-0.15, -0.1) is 0 Å². The third-order valence-electron chi connectivity index (χ3n) is 6.23. The van der Waals surface area contributed by atoms with E-state index in [9.17, 15) is 9.18 Å². The highest BCUT2D eigenvalue weighted by Gasteiger charge is 2.31. The third kappa shape index (κ3) is 5.06. The molecule has 4 rings (SSSR count). The number of amides is 1. The molecule has 0 atom stereocenters. The highest BCUT2D eigenvalue weighted by Crippen LogP contribution is 2.42. The number of rotatable bonds is 9. The van der Waals surface area contributed by atoms with Crippen molar-refractivity contribution in [2.75, 3.05) is 32.8 Å². The summed E-state index contributed by atoms with van der Waals surface area (Å²) in [5, 5.41) is 2.75. The Labute approximate surface area is 204 Å². The number of benzene rings is 2. The number of fused-ring (bicyclic) bond motifs is 1. The zero-order valence-electron chi connectivity index (χ0n) is 20.6. The van der Waals surface area contributed by atoms with Crippen LogP contribution in [0.15, 0.2) is 40.8 Å². The summed E-state index contributed by atoms with van der Waals surface area (Å²) in [5.74, 6) is 1.41. The van der Waals surface area contributed by atoms with Crippen LogP contribution in [0, 0.1) is 6.92 Å². The molecule has 0 aliphatic heterocycles. The van der Waals surface area contributed by atoms with Crippen LogP contribution in [0.5, 0.6) is 28.9 Å². The average molecular weight is 484 g/mol. The van der Waals surface area contributed by atoms with E-state index in [4.69, 9.17) is 23.4 Å². The number of alkyl halides is 1. The smallest absolute Gasteiger partial charge is 0.291 e. The lowest BCUT2D eigenvalue weighted by atomic mass is 9.86. The minimum Gasteiger partial charge on any atom is -0.494 e. The molecule has 1 aliphatic rings. The highest BCUT2D eigenvalue weighted by atomic mass is 19.1. The molecule has 7 nitrogen and oxygen atoms in total. The molecule has 0 radical (unpaired) electrons. The van der Waals surface area contributed by atoms with Crippen molar-refractivity contribution in [3.05, 3.63) is 58.8 Å². The number of hydrogen-bond acceptors (Lipinski definition) is 6. The summed E-state index contributed by atoms with van der Waals surface area (Å²) < 4.78 is 40.2. The Hall–Kier alpha value is -3.68. The summed E-state index contributed by atoms with van der Waals surface area (Å²) in [6.07, 6.45) is 2.16. The van der Waals surface area contributed by atoms with E-state index in [1.165, 1.54) is 31.4 Å². The largest absolute Gasteiger partial charge is 0.494 e. The van der Waals surface area contributed by atoms with Gasteiger partial charge in [-0.2, -0.15) is 0 Å². The van der Waals surface area contributed by atoms with Gasteiger partial charge in [0.1, 0.15) is 42.0 Å². The molecule has 0 bridgehead atoms. The Balaban J connectivity index is 1.53. The first kappa shape index (κ1) is 24.4. The van der Waals surface area contributed by atoms with Gasteiger partial charge in [0.25, 0.3) is 11.9 Å². The highest BCUT2D eigenvalue weighted by molar-refractivity contribution is 6.04. The normalized spacial score (nSPS) is 13.8. The molecule has 0 unspecified atom stereocenters. The van der Waals surface area contributed by atoms with Crippen molar-refractivity contribution in [1.29, 1.82) is 0 Å². The molecule has 2 aromatic carbocycles. The van der Waals surface area contributed by atoms with Crippen LogP contribution in [0.2, 0.25) is 0 Å². The minimum atomic E-state index is -0.630. The van der Waals surface area contributed by atoms with Crippen LogP contribution in [-0.2, 0) is 11.8 Å². The van der Waals surface area contributed by atoms with Crippen LogP contribution in [0.25, 0.3) is 0 Å². The van der Waals surface area contributed by atoms with Crippen LogP contribution < -0.4 is 24.3 Å². The van der Waals surface area contributed by atoms with E-state index in [-0.39, 0.29) is 23.7 Å². The van der Waals surface area contributed by atoms with Crippen LogP contribution in [0.4, 0.5) is 10.1 Å². The molecule has 0 saturated heterocycles. The number of carbonyl (C=O) groups excluding carboxylic acids is 1. The van der Waals surface area contributed by atoms with Crippen molar-refractivity contribution < 1.29 is 32.5 Å². The molecule has 0 spiro atoms. The molecule has 1 amide bonds. The van der Waals surface area contributed by atoms with E-state index in [2.05, 4.69) is 31.3 Å². The zero-order chi connectivity index (χ0) is 25.2. The number of hydrogen-bond donors (Lipinski definition) is 1. The first-order chi connectivity index (χ1) is 16.7. The fraction of sp³-hybridized carbons (Fsp3) is 0.370. The van der Waals surface area contributed by atoms with Gasteiger partial charge in [-0.3, -0.25) is 4.79 Å². The van der Waals surface area contributed by atoms with Gasteiger partial charge in [-0.25, -0.2) is 4.39 Å². The molecule has 0 saturated carbocycles. The van der Waals surface area contributed by atoms with E-state index in [0.29, 0.717) is 28.7 Å². The second-order valence-electron chi connectivity index (χ2n) is 9.07. The topological polar surface area (TPSA) is 79.2 Å². The maximum atomic E-state index is 12.9. The van der Waals surface area contributed by atoms with Crippen molar-refractivity contribution in [3.63, 3.8) is 0 Å². The summed E-state index contributed by atoms with van der Waals surface area (Å²) >= 11 is 0. The van der Waals surface area contributed by atoms with Crippen molar-refractivity contribution in [3.8, 4) is 28.9 Å². The summed E-state index contributed by atoms with van der Waals surface area (Å²) in [6, 6.07) is 10.5. The van der Waals surface area contributed by atoms with Crippen molar-refractivity contribution in [2.24, 2.45) is 0 Å². The Morgan fingerprint density at radius 2 is 1.80 bits per heavy atom. The number of nitrogens with one attached hydrogen (secondary N) is 1. The van der Waals surface area contributed by atoms with Crippen LogP contribution >= 0.6 is 0 Å². The molecular formula is C27H30FNO6. The van der Waals surface area contributed by atoms with Gasteiger partial charge < -0.3 is 28.7 Å². The number of anilines is 1. The van der Waals surface area contributed by atoms with Gasteiger partial charge >= 0.3 is 0 Å². The summed E-state index contributed by atoms with van der Waals surface area (Å²) in [5.41, 5.74) is 4.03. The predicted octanol–water partition coefficient (Wildman–Crippen LogP) is 6.22. The predicted molar refractivity (Wildman–Crippen MR) is 130 cm³/mol. The molecule has 8 heteroatoms. The monoisotopic (exact) mass is 483 g/mol. The first-order valence-electron chi connectivity index (χ1n) is 11.4. The number of aryl methyl sites for hydroxylation is 2. The standard InChI is InChI=1S/C27H30FNO6/c1-16-12-17-8-9-27(2,3)19(17)15-21(16)35-24-7-6-20(34-24)26(30)29-25-22(31-4)13-18(33-11-10-28)14-23(25)32-5/h6-7,12-15H,8-11H2,1-5H3,(H,29,30)/i28+0. The Morgan fingerprint density at radius 3 is 2.46 bits per heavy atom. The van der Waals surface area contributed by atoms with Gasteiger partial charge in [-0.05, 0) is 54.0 Å². The fourth-order valence-electron chi connectivity index (χ4n) is 4.31. The molecule has 1 heterocycles. The molecule has 1 aliphatic carbocycles. The number of methoxy groups -OCH3 is 2. The fourth-order valence-corrected chi connectivity index (χ4v) is 4.31. The molecule has 35 heavy (non-hydrogen) atoms. The van der Waals surface area contributed by atoms with Crippen molar-refractivity contribution in [1.82, 2.24) is 0 Å². The SMILES string of the molecule is COc1cc(OCC[19F])cc(OC)c1NC(=O)c1ccc(Oc2cc3c(cc2C)CCC3(C)C)o1. The molecule has 1 aromatic heterocycles. The maximum Gasteiger partial charge on any atom is 0.291 e. The number of furan rings is 1. The second-order valence-corrected chi connectivity index (χ2v) is 9.07. The molecular weight excluding hydrogens is 453 g/mol. The van der Waals surface area contributed by atoms with E-state index in [1.807, 2.05) is 6.92 Å². The summed E-state index contributed by atoms with van der Waals surface area (Å²) in [4.78, 5) is 12.9. The minimum absolute atomic E-state index is 0.0565. The van der Waals surface area contributed by atoms with E-state index < -0.39 is 12.6 Å². The molecule has 1 N–H and O–H groups in total. The first-order valence-corrected chi connectivity index (χ1v) is 11.4. The lowest BCUT2D eigenvalue weighted by Crippen LogP contribution is -2.13. The van der Waals surface area contributed by atoms with Gasteiger partial charge in [0.05, 0.1) is 14.2 Å². The third-order valence-corrected chi connectivity index (χ3v) is 6.23. The van der Waals surface area contributed by atoms with Crippen LogP contribution in [0.1, 0.15) is 47.5 Å².